The maximum absolute atomic E-state index is 13.4. The van der Waals surface area contributed by atoms with Crippen molar-refractivity contribution in [2.24, 2.45) is 5.16 Å². The molecule has 1 unspecified atom stereocenters. The van der Waals surface area contributed by atoms with Gasteiger partial charge in [-0.3, -0.25) is 4.79 Å². The molecular weight excluding hydrogens is 360 g/mol. The molecule has 2 aromatic rings. The summed E-state index contributed by atoms with van der Waals surface area (Å²) in [7, 11) is 2.17. The van der Waals surface area contributed by atoms with E-state index < -0.39 is 12.6 Å². The summed E-state index contributed by atoms with van der Waals surface area (Å²) in [6, 6.07) is 8.73. The number of carboxylic acids is 1. The first-order valence-electron chi connectivity index (χ1n) is 9.57. The lowest BCUT2D eigenvalue weighted by Crippen LogP contribution is -2.43. The minimum Gasteiger partial charge on any atom is -0.479 e. The largest absolute Gasteiger partial charge is 0.479 e. The molecule has 148 valence electrons. The second-order valence-corrected chi connectivity index (χ2v) is 7.64. The molecule has 28 heavy (non-hydrogen) atoms. The molecule has 0 aliphatic carbocycles. The van der Waals surface area contributed by atoms with E-state index in [1.807, 2.05) is 28.8 Å². The highest BCUT2D eigenvalue weighted by atomic mass is 16.6. The lowest BCUT2D eigenvalue weighted by molar-refractivity contribution is -0.142. The Balaban J connectivity index is 1.78. The van der Waals surface area contributed by atoms with E-state index in [2.05, 4.69) is 22.1 Å². The summed E-state index contributed by atoms with van der Waals surface area (Å²) in [5.74, 6) is -1.12. The molecule has 0 amide bonds. The van der Waals surface area contributed by atoms with Crippen LogP contribution in [0.2, 0.25) is 0 Å². The highest BCUT2D eigenvalue weighted by Crippen LogP contribution is 2.40. The molecule has 2 saturated heterocycles. The van der Waals surface area contributed by atoms with Crippen LogP contribution in [0.15, 0.2) is 34.2 Å². The Bertz CT molecular complexity index is 985. The van der Waals surface area contributed by atoms with Crippen LogP contribution in [0.3, 0.4) is 0 Å². The van der Waals surface area contributed by atoms with Crippen LogP contribution in [0, 0.1) is 0 Å². The molecular formula is C20H24N4O4. The predicted molar refractivity (Wildman–Crippen MR) is 105 cm³/mol. The zero-order valence-electron chi connectivity index (χ0n) is 16.0. The van der Waals surface area contributed by atoms with Gasteiger partial charge in [0.15, 0.2) is 5.69 Å². The third kappa shape index (κ3) is 3.28. The average molecular weight is 384 g/mol. The predicted octanol–water partition coefficient (Wildman–Crippen LogP) is 2.02. The van der Waals surface area contributed by atoms with Crippen LogP contribution in [0.25, 0.3) is 11.0 Å². The summed E-state index contributed by atoms with van der Waals surface area (Å²) < 4.78 is 1.87. The number of piperidine rings is 1. The van der Waals surface area contributed by atoms with Gasteiger partial charge in [0.05, 0.1) is 11.0 Å². The van der Waals surface area contributed by atoms with E-state index in [1.165, 1.54) is 12.8 Å². The van der Waals surface area contributed by atoms with Crippen molar-refractivity contribution >= 4 is 22.7 Å². The second kappa shape index (κ2) is 7.35. The van der Waals surface area contributed by atoms with Crippen LogP contribution < -0.4 is 5.56 Å². The van der Waals surface area contributed by atoms with Gasteiger partial charge in [-0.2, -0.15) is 0 Å². The van der Waals surface area contributed by atoms with Crippen molar-refractivity contribution in [1.29, 1.82) is 0 Å². The van der Waals surface area contributed by atoms with Gasteiger partial charge in [-0.15, -0.1) is 0 Å². The van der Waals surface area contributed by atoms with Gasteiger partial charge >= 0.3 is 5.97 Å². The number of rotatable bonds is 5. The Labute approximate surface area is 162 Å². The van der Waals surface area contributed by atoms with Gasteiger partial charge in [0.1, 0.15) is 5.71 Å². The number of aliphatic carboxylic acids is 1. The first-order valence-corrected chi connectivity index (χ1v) is 9.57. The Morgan fingerprint density at radius 2 is 1.93 bits per heavy atom. The fourth-order valence-corrected chi connectivity index (χ4v) is 4.57. The third-order valence-electron chi connectivity index (χ3n) is 5.97. The molecule has 2 bridgehead atoms. The number of fused-ring (bicyclic) bond motifs is 3. The maximum atomic E-state index is 13.4. The number of hydrogen-bond donors (Lipinski definition) is 1. The summed E-state index contributed by atoms with van der Waals surface area (Å²) in [5.41, 5.74) is 1.82. The molecule has 1 aromatic heterocycles. The minimum absolute atomic E-state index is 0.112. The molecule has 1 N–H and O–H groups in total. The SMILES string of the molecule is C/C(=N\OCC(=O)O)c1nc2ccccc2n(C2C[C@H]3CC[C@@H](C2)N3C)c1=O. The van der Waals surface area contributed by atoms with Gasteiger partial charge in [-0.1, -0.05) is 17.3 Å². The first kappa shape index (κ1) is 18.6. The van der Waals surface area contributed by atoms with E-state index in [4.69, 9.17) is 9.94 Å². The van der Waals surface area contributed by atoms with E-state index in [0.29, 0.717) is 12.1 Å². The van der Waals surface area contributed by atoms with Crippen molar-refractivity contribution < 1.29 is 14.7 Å². The molecule has 0 radical (unpaired) electrons. The number of carboxylic acid groups (broad SMARTS) is 1. The second-order valence-electron chi connectivity index (χ2n) is 7.64. The van der Waals surface area contributed by atoms with E-state index in [-0.39, 0.29) is 23.0 Å². The molecule has 3 atom stereocenters. The zero-order valence-corrected chi connectivity index (χ0v) is 16.0. The molecule has 8 nitrogen and oxygen atoms in total. The number of carbonyl (C=O) groups is 1. The number of nitrogens with zero attached hydrogens (tertiary/aromatic N) is 4. The van der Waals surface area contributed by atoms with Crippen molar-refractivity contribution in [3.63, 3.8) is 0 Å². The third-order valence-corrected chi connectivity index (χ3v) is 5.97. The van der Waals surface area contributed by atoms with Gasteiger partial charge in [-0.25, -0.2) is 9.78 Å². The summed E-state index contributed by atoms with van der Waals surface area (Å²) in [6.45, 7) is 1.06. The quantitative estimate of drug-likeness (QED) is 0.626. The molecule has 1 aromatic carbocycles. The number of benzene rings is 1. The standard InChI is InChI=1S/C20H24N4O4/c1-12(22-28-11-18(25)26)19-20(27)24(17-6-4-3-5-16(17)21-19)15-9-13-7-8-14(10-15)23(13)2/h3-6,13-15H,7-11H2,1-2H3,(H,25,26)/b22-12+/t13-,14+,15?. The van der Waals surface area contributed by atoms with Gasteiger partial charge < -0.3 is 19.4 Å². The lowest BCUT2D eigenvalue weighted by Gasteiger charge is -2.37. The Hall–Kier alpha value is -2.74. The van der Waals surface area contributed by atoms with Crippen LogP contribution in [0.5, 0.6) is 0 Å². The van der Waals surface area contributed by atoms with Gasteiger partial charge in [0, 0.05) is 18.1 Å². The van der Waals surface area contributed by atoms with Crippen LogP contribution in [-0.2, 0) is 9.63 Å². The van der Waals surface area contributed by atoms with Crippen LogP contribution in [0.1, 0.15) is 44.3 Å². The Morgan fingerprint density at radius 3 is 2.61 bits per heavy atom. The number of para-hydroxylation sites is 2. The highest BCUT2D eigenvalue weighted by Gasteiger charge is 2.39. The fraction of sp³-hybridized carbons (Fsp3) is 0.500. The molecule has 4 rings (SSSR count). The van der Waals surface area contributed by atoms with Gasteiger partial charge in [0.25, 0.3) is 5.56 Å². The normalized spacial score (nSPS) is 25.2. The van der Waals surface area contributed by atoms with Crippen molar-refractivity contribution in [3.05, 3.63) is 40.3 Å². The van der Waals surface area contributed by atoms with E-state index in [1.54, 1.807) is 6.92 Å². The summed E-state index contributed by atoms with van der Waals surface area (Å²) in [5, 5.41) is 12.5. The summed E-state index contributed by atoms with van der Waals surface area (Å²) >= 11 is 0. The van der Waals surface area contributed by atoms with E-state index in [0.717, 1.165) is 23.9 Å². The Morgan fingerprint density at radius 1 is 1.25 bits per heavy atom. The van der Waals surface area contributed by atoms with E-state index in [9.17, 15) is 9.59 Å². The summed E-state index contributed by atoms with van der Waals surface area (Å²) in [6.07, 6.45) is 4.22. The molecule has 2 aliphatic heterocycles. The van der Waals surface area contributed by atoms with Crippen LogP contribution in [0.4, 0.5) is 0 Å². The maximum Gasteiger partial charge on any atom is 0.344 e. The van der Waals surface area contributed by atoms with Crippen LogP contribution in [-0.4, -0.2) is 57.0 Å². The highest BCUT2D eigenvalue weighted by molar-refractivity contribution is 5.97. The molecule has 0 spiro atoms. The minimum atomic E-state index is -1.12. The topological polar surface area (TPSA) is 97.0 Å². The summed E-state index contributed by atoms with van der Waals surface area (Å²) in [4.78, 5) is 35.8. The molecule has 2 aliphatic rings. The average Bonchev–Trinajstić information content (AvgIpc) is 2.88. The Kier molecular flexibility index (Phi) is 4.89. The zero-order chi connectivity index (χ0) is 19.8. The molecule has 8 heteroatoms. The first-order chi connectivity index (χ1) is 13.5. The molecule has 2 fully saturated rings. The number of oxime groups is 1. The van der Waals surface area contributed by atoms with Crippen molar-refractivity contribution in [3.8, 4) is 0 Å². The van der Waals surface area contributed by atoms with E-state index >= 15 is 0 Å². The number of aromatic nitrogens is 2. The van der Waals surface area contributed by atoms with Crippen molar-refractivity contribution in [2.45, 2.75) is 50.7 Å². The van der Waals surface area contributed by atoms with Crippen molar-refractivity contribution in [2.75, 3.05) is 13.7 Å². The molecule has 0 saturated carbocycles. The van der Waals surface area contributed by atoms with Gasteiger partial charge in [-0.05, 0) is 51.8 Å². The molecule has 3 heterocycles. The van der Waals surface area contributed by atoms with Crippen molar-refractivity contribution in [1.82, 2.24) is 14.5 Å². The van der Waals surface area contributed by atoms with Gasteiger partial charge in [0.2, 0.25) is 6.61 Å². The fourth-order valence-electron chi connectivity index (χ4n) is 4.57. The number of hydrogen-bond acceptors (Lipinski definition) is 6. The smallest absolute Gasteiger partial charge is 0.344 e. The monoisotopic (exact) mass is 384 g/mol. The lowest BCUT2D eigenvalue weighted by atomic mass is 9.97. The van der Waals surface area contributed by atoms with Crippen LogP contribution >= 0.6 is 0 Å².